The van der Waals surface area contributed by atoms with E-state index < -0.39 is 49.5 Å². The highest BCUT2D eigenvalue weighted by molar-refractivity contribution is 5.76. The Morgan fingerprint density at radius 2 is 1.04 bits per heavy atom. The van der Waals surface area contributed by atoms with Gasteiger partial charge in [-0.2, -0.15) is 0 Å². The van der Waals surface area contributed by atoms with Crippen molar-refractivity contribution in [3.05, 3.63) is 36.5 Å². The molecule has 1 aliphatic heterocycles. The number of ether oxygens (including phenoxy) is 2. The van der Waals surface area contributed by atoms with Crippen molar-refractivity contribution >= 4 is 5.91 Å². The van der Waals surface area contributed by atoms with E-state index in [0.29, 0.717) is 6.42 Å². The molecule has 1 amide bonds. The van der Waals surface area contributed by atoms with Crippen LogP contribution >= 0.6 is 0 Å². The lowest BCUT2D eigenvalue weighted by Crippen LogP contribution is -2.60. The van der Waals surface area contributed by atoms with Crippen molar-refractivity contribution in [2.45, 2.75) is 249 Å². The molecule has 1 aliphatic rings. The van der Waals surface area contributed by atoms with Crippen molar-refractivity contribution < 1.29 is 39.8 Å². The Bertz CT molecular complexity index is 987. The molecule has 1 fully saturated rings. The molecule has 0 aromatic carbocycles. The second-order valence-corrected chi connectivity index (χ2v) is 16.6. The Hall–Kier alpha value is -1.59. The molecule has 1 heterocycles. The molecule has 57 heavy (non-hydrogen) atoms. The van der Waals surface area contributed by atoms with E-state index in [2.05, 4.69) is 37.4 Å². The molecular formula is C48H89NO8. The van der Waals surface area contributed by atoms with Crippen molar-refractivity contribution in [3.8, 4) is 0 Å². The summed E-state index contributed by atoms with van der Waals surface area (Å²) in [6.07, 6.45) is 40.7. The first kappa shape index (κ1) is 53.4. The molecule has 0 aromatic rings. The highest BCUT2D eigenvalue weighted by atomic mass is 16.7. The van der Waals surface area contributed by atoms with Crippen LogP contribution in [0.4, 0.5) is 0 Å². The van der Waals surface area contributed by atoms with Crippen LogP contribution in [0.3, 0.4) is 0 Å². The van der Waals surface area contributed by atoms with Crippen LogP contribution in [0, 0.1) is 0 Å². The van der Waals surface area contributed by atoms with E-state index in [0.717, 1.165) is 32.1 Å². The number of aliphatic hydroxyl groups excluding tert-OH is 5. The topological polar surface area (TPSA) is 149 Å². The Morgan fingerprint density at radius 3 is 1.51 bits per heavy atom. The lowest BCUT2D eigenvalue weighted by molar-refractivity contribution is -0.302. The molecule has 0 aromatic heterocycles. The van der Waals surface area contributed by atoms with E-state index >= 15 is 0 Å². The maximum Gasteiger partial charge on any atom is 0.220 e. The maximum atomic E-state index is 12.9. The third kappa shape index (κ3) is 29.3. The standard InChI is InChI=1S/C48H89NO8/c1-3-5-7-9-11-13-15-16-17-18-19-20-21-22-23-24-25-26-28-30-32-34-36-38-44(52)49-41(40-56-48-47(55)46(54)45(53)43(39-50)57-48)42(51)37-35-33-31-29-27-14-12-10-8-6-4-2/h16-17,31,33,35,37,41-43,45-48,50-51,53-55H,3-15,18-30,32,34,36,38-40H2,1-2H3,(H,49,52)/b17-16+,33-31+,37-35+/t41-,42+,43-,45-,46?,47?,48-/m0/s1. The SMILES string of the molecule is CCCCCCCC/C=C/CCCCCCCCCCCCCCCC(=O)N[C@@H](CO[C@H]1O[C@@H](CO)[C@H](O)C(O)C1O)[C@H](O)/C=C/C=C/CCCCCCCCC. The van der Waals surface area contributed by atoms with Crippen molar-refractivity contribution in [2.24, 2.45) is 0 Å². The summed E-state index contributed by atoms with van der Waals surface area (Å²) in [5.74, 6) is -0.195. The second-order valence-electron chi connectivity index (χ2n) is 16.6. The second kappa shape index (κ2) is 38.6. The van der Waals surface area contributed by atoms with Gasteiger partial charge < -0.3 is 40.3 Å². The lowest BCUT2D eigenvalue weighted by Gasteiger charge is -2.40. The van der Waals surface area contributed by atoms with Gasteiger partial charge in [-0.05, 0) is 44.9 Å². The molecule has 2 unspecified atom stereocenters. The van der Waals surface area contributed by atoms with Gasteiger partial charge in [-0.3, -0.25) is 4.79 Å². The van der Waals surface area contributed by atoms with E-state index in [4.69, 9.17) is 9.47 Å². The zero-order valence-corrected chi connectivity index (χ0v) is 36.6. The third-order valence-electron chi connectivity index (χ3n) is 11.2. The molecule has 1 rings (SSSR count). The average molecular weight is 808 g/mol. The molecule has 1 saturated heterocycles. The number of carbonyl (C=O) groups is 1. The number of carbonyl (C=O) groups excluding carboxylic acids is 1. The van der Waals surface area contributed by atoms with E-state index in [9.17, 15) is 30.3 Å². The monoisotopic (exact) mass is 808 g/mol. The number of nitrogens with one attached hydrogen (secondary N) is 1. The van der Waals surface area contributed by atoms with Crippen molar-refractivity contribution in [1.82, 2.24) is 5.32 Å². The highest BCUT2D eigenvalue weighted by Gasteiger charge is 2.44. The van der Waals surface area contributed by atoms with E-state index in [-0.39, 0.29) is 12.5 Å². The molecule has 6 N–H and O–H groups in total. The molecule has 7 atom stereocenters. The summed E-state index contributed by atoms with van der Waals surface area (Å²) in [6.45, 7) is 3.72. The van der Waals surface area contributed by atoms with E-state index in [1.807, 2.05) is 6.08 Å². The first-order valence-electron chi connectivity index (χ1n) is 23.7. The van der Waals surface area contributed by atoms with Crippen LogP contribution in [0.2, 0.25) is 0 Å². The Balaban J connectivity index is 2.27. The molecule has 0 radical (unpaired) electrons. The van der Waals surface area contributed by atoms with Gasteiger partial charge in [0.15, 0.2) is 6.29 Å². The van der Waals surface area contributed by atoms with Crippen LogP contribution in [0.1, 0.15) is 206 Å². The first-order chi connectivity index (χ1) is 27.8. The highest BCUT2D eigenvalue weighted by Crippen LogP contribution is 2.22. The van der Waals surface area contributed by atoms with Gasteiger partial charge in [0.1, 0.15) is 24.4 Å². The summed E-state index contributed by atoms with van der Waals surface area (Å²) < 4.78 is 11.2. The molecule has 0 bridgehead atoms. The molecule has 0 aliphatic carbocycles. The first-order valence-corrected chi connectivity index (χ1v) is 23.7. The van der Waals surface area contributed by atoms with E-state index in [1.165, 1.54) is 154 Å². The Labute approximate surface area is 349 Å². The van der Waals surface area contributed by atoms with Gasteiger partial charge in [0.25, 0.3) is 0 Å². The van der Waals surface area contributed by atoms with Gasteiger partial charge in [0.2, 0.25) is 5.91 Å². The lowest BCUT2D eigenvalue weighted by atomic mass is 9.99. The van der Waals surface area contributed by atoms with E-state index in [1.54, 1.807) is 12.2 Å². The minimum absolute atomic E-state index is 0.195. The van der Waals surface area contributed by atoms with Crippen molar-refractivity contribution in [2.75, 3.05) is 13.2 Å². The van der Waals surface area contributed by atoms with Crippen molar-refractivity contribution in [3.63, 3.8) is 0 Å². The molecule has 0 saturated carbocycles. The van der Waals surface area contributed by atoms with Crippen LogP contribution in [0.15, 0.2) is 36.5 Å². The van der Waals surface area contributed by atoms with Gasteiger partial charge >= 0.3 is 0 Å². The minimum atomic E-state index is -1.57. The van der Waals surface area contributed by atoms with Crippen LogP contribution in [-0.2, 0) is 14.3 Å². The van der Waals surface area contributed by atoms with Crippen LogP contribution in [0.25, 0.3) is 0 Å². The fraction of sp³-hybridized carbons (Fsp3) is 0.854. The number of amides is 1. The van der Waals surface area contributed by atoms with Crippen LogP contribution in [-0.4, -0.2) is 87.5 Å². The molecule has 9 nitrogen and oxygen atoms in total. The quantitative estimate of drug-likeness (QED) is 0.0204. The summed E-state index contributed by atoms with van der Waals surface area (Å²) in [6, 6.07) is -0.834. The minimum Gasteiger partial charge on any atom is -0.394 e. The number of rotatable bonds is 39. The van der Waals surface area contributed by atoms with Crippen molar-refractivity contribution in [1.29, 1.82) is 0 Å². The summed E-state index contributed by atoms with van der Waals surface area (Å²) in [4.78, 5) is 12.9. The van der Waals surface area contributed by atoms with Crippen LogP contribution < -0.4 is 5.32 Å². The smallest absolute Gasteiger partial charge is 0.220 e. The molecular weight excluding hydrogens is 719 g/mol. The predicted octanol–water partition coefficient (Wildman–Crippen LogP) is 10.1. The fourth-order valence-electron chi connectivity index (χ4n) is 7.38. The van der Waals surface area contributed by atoms with Gasteiger partial charge in [-0.15, -0.1) is 0 Å². The van der Waals surface area contributed by atoms with Crippen LogP contribution in [0.5, 0.6) is 0 Å². The summed E-state index contributed by atoms with van der Waals surface area (Å²) >= 11 is 0. The maximum absolute atomic E-state index is 12.9. The molecule has 334 valence electrons. The third-order valence-corrected chi connectivity index (χ3v) is 11.2. The number of hydrogen-bond donors (Lipinski definition) is 6. The fourth-order valence-corrected chi connectivity index (χ4v) is 7.38. The average Bonchev–Trinajstić information content (AvgIpc) is 3.21. The van der Waals surface area contributed by atoms with Gasteiger partial charge in [-0.25, -0.2) is 0 Å². The van der Waals surface area contributed by atoms with Gasteiger partial charge in [-0.1, -0.05) is 192 Å². The summed E-state index contributed by atoms with van der Waals surface area (Å²) in [5, 5.41) is 54.0. The Morgan fingerprint density at radius 1 is 0.596 bits per heavy atom. The zero-order valence-electron chi connectivity index (χ0n) is 36.6. The number of unbranched alkanes of at least 4 members (excludes halogenated alkanes) is 26. The number of aliphatic hydroxyl groups is 5. The Kier molecular flexibility index (Phi) is 36.2. The summed E-state index contributed by atoms with van der Waals surface area (Å²) in [7, 11) is 0. The number of allylic oxidation sites excluding steroid dienone is 5. The van der Waals surface area contributed by atoms with Gasteiger partial charge in [0, 0.05) is 6.42 Å². The predicted molar refractivity (Wildman–Crippen MR) is 235 cm³/mol. The number of hydrogen-bond acceptors (Lipinski definition) is 8. The zero-order chi connectivity index (χ0) is 41.6. The summed E-state index contributed by atoms with van der Waals surface area (Å²) in [5.41, 5.74) is 0. The van der Waals surface area contributed by atoms with Gasteiger partial charge in [0.05, 0.1) is 25.4 Å². The largest absolute Gasteiger partial charge is 0.394 e. The molecule has 0 spiro atoms. The normalized spacial score (nSPS) is 21.3. The molecule has 9 heteroatoms.